The van der Waals surface area contributed by atoms with Crippen molar-refractivity contribution in [2.45, 2.75) is 39.2 Å². The summed E-state index contributed by atoms with van der Waals surface area (Å²) in [6, 6.07) is 0. The van der Waals surface area contributed by atoms with Crippen LogP contribution in [-0.2, 0) is 19.4 Å². The zero-order valence-corrected chi connectivity index (χ0v) is 9.19. The Morgan fingerprint density at radius 1 is 1.38 bits per heavy atom. The van der Waals surface area contributed by atoms with Gasteiger partial charge in [0.25, 0.3) is 11.3 Å². The van der Waals surface area contributed by atoms with Crippen molar-refractivity contribution < 1.29 is 4.42 Å². The predicted octanol–water partition coefficient (Wildman–Crippen LogP) is 1.28. The molecule has 5 heteroatoms. The Labute approximate surface area is 92.1 Å². The fraction of sp³-hybridized carbons (Fsp3) is 0.545. The summed E-state index contributed by atoms with van der Waals surface area (Å²) in [5, 5.41) is 0. The number of hydrogen-bond acceptors (Lipinski definition) is 4. The van der Waals surface area contributed by atoms with Crippen molar-refractivity contribution >= 4 is 11.2 Å². The van der Waals surface area contributed by atoms with E-state index < -0.39 is 0 Å². The molecule has 16 heavy (non-hydrogen) atoms. The summed E-state index contributed by atoms with van der Waals surface area (Å²) in [7, 11) is 0. The molecule has 0 bridgehead atoms. The molecular weight excluding hydrogens is 206 g/mol. The third-order valence-electron chi connectivity index (χ3n) is 2.98. The smallest absolute Gasteiger partial charge is 0.283 e. The van der Waals surface area contributed by atoms with Crippen LogP contribution in [0.1, 0.15) is 31.5 Å². The summed E-state index contributed by atoms with van der Waals surface area (Å²) < 4.78 is 7.16. The third kappa shape index (κ3) is 1.27. The average Bonchev–Trinajstić information content (AvgIpc) is 2.73. The molecular formula is C11H13N3O2. The zero-order chi connectivity index (χ0) is 11.1. The first-order valence-electron chi connectivity index (χ1n) is 5.68. The molecule has 0 aliphatic carbocycles. The van der Waals surface area contributed by atoms with Crippen molar-refractivity contribution in [2.24, 2.45) is 0 Å². The van der Waals surface area contributed by atoms with Gasteiger partial charge in [0.05, 0.1) is 0 Å². The fourth-order valence-electron chi connectivity index (χ4n) is 2.12. The molecule has 1 aliphatic rings. The van der Waals surface area contributed by atoms with Crippen molar-refractivity contribution in [2.75, 3.05) is 0 Å². The minimum atomic E-state index is -0.0526. The molecule has 0 spiro atoms. The minimum Gasteiger partial charge on any atom is -0.422 e. The van der Waals surface area contributed by atoms with Crippen molar-refractivity contribution in [3.63, 3.8) is 0 Å². The Hall–Kier alpha value is -1.65. The van der Waals surface area contributed by atoms with Gasteiger partial charge in [-0.15, -0.1) is 0 Å². The van der Waals surface area contributed by atoms with Crippen molar-refractivity contribution in [1.29, 1.82) is 0 Å². The number of nitrogens with zero attached hydrogens (tertiary/aromatic N) is 3. The lowest BCUT2D eigenvalue weighted by Gasteiger charge is -2.15. The molecule has 1 aliphatic heterocycles. The second kappa shape index (κ2) is 3.43. The van der Waals surface area contributed by atoms with Gasteiger partial charge in [-0.1, -0.05) is 6.92 Å². The van der Waals surface area contributed by atoms with Crippen LogP contribution in [0.15, 0.2) is 9.21 Å². The lowest BCUT2D eigenvalue weighted by atomic mass is 10.1. The third-order valence-corrected chi connectivity index (χ3v) is 2.98. The Bertz CT molecular complexity index is 597. The molecule has 0 radical (unpaired) electrons. The Balaban J connectivity index is 2.32. The first-order chi connectivity index (χ1) is 7.79. The van der Waals surface area contributed by atoms with Crippen molar-refractivity contribution in [3.8, 4) is 0 Å². The first-order valence-corrected chi connectivity index (χ1v) is 5.68. The van der Waals surface area contributed by atoms with Gasteiger partial charge < -0.3 is 4.42 Å². The average molecular weight is 219 g/mol. The van der Waals surface area contributed by atoms with E-state index in [-0.39, 0.29) is 5.56 Å². The first kappa shape index (κ1) is 9.57. The molecule has 0 saturated heterocycles. The summed E-state index contributed by atoms with van der Waals surface area (Å²) in [5.41, 5.74) is 0.723. The van der Waals surface area contributed by atoms with Gasteiger partial charge in [0.15, 0.2) is 11.4 Å². The standard InChI is InChI=1S/C11H13N3O2/c1-2-8-13-9-10(16-8)12-7-5-3-4-6-14(7)11(9)15/h2-6H2,1H3. The van der Waals surface area contributed by atoms with E-state index >= 15 is 0 Å². The second-order valence-corrected chi connectivity index (χ2v) is 4.06. The molecule has 0 aromatic carbocycles. The number of aromatic nitrogens is 3. The Morgan fingerprint density at radius 3 is 3.06 bits per heavy atom. The van der Waals surface area contributed by atoms with Crippen molar-refractivity contribution in [3.05, 3.63) is 22.1 Å². The van der Waals surface area contributed by atoms with E-state index in [1.165, 1.54) is 0 Å². The van der Waals surface area contributed by atoms with Crippen LogP contribution < -0.4 is 5.56 Å². The molecule has 2 aromatic heterocycles. The van der Waals surface area contributed by atoms with E-state index in [0.29, 0.717) is 23.5 Å². The molecule has 0 saturated carbocycles. The Kier molecular flexibility index (Phi) is 2.05. The number of oxazole rings is 1. The summed E-state index contributed by atoms with van der Waals surface area (Å²) in [5.74, 6) is 1.42. The van der Waals surface area contributed by atoms with Gasteiger partial charge in [-0.25, -0.2) is 4.98 Å². The van der Waals surface area contributed by atoms with E-state index in [1.807, 2.05) is 6.92 Å². The lowest BCUT2D eigenvalue weighted by molar-refractivity contribution is 0.488. The van der Waals surface area contributed by atoms with E-state index in [0.717, 1.165) is 31.6 Å². The van der Waals surface area contributed by atoms with Crippen LogP contribution in [0.3, 0.4) is 0 Å². The molecule has 0 unspecified atom stereocenters. The molecule has 0 atom stereocenters. The quantitative estimate of drug-likeness (QED) is 0.725. The largest absolute Gasteiger partial charge is 0.422 e. The highest BCUT2D eigenvalue weighted by molar-refractivity contribution is 5.66. The van der Waals surface area contributed by atoms with Gasteiger partial charge >= 0.3 is 0 Å². The number of aryl methyl sites for hydroxylation is 2. The van der Waals surface area contributed by atoms with Crippen LogP contribution in [0.2, 0.25) is 0 Å². The molecule has 0 amide bonds. The molecule has 84 valence electrons. The van der Waals surface area contributed by atoms with Gasteiger partial charge in [0.1, 0.15) is 5.82 Å². The maximum absolute atomic E-state index is 12.1. The normalized spacial score (nSPS) is 15.3. The predicted molar refractivity (Wildman–Crippen MR) is 58.4 cm³/mol. The highest BCUT2D eigenvalue weighted by atomic mass is 16.4. The molecule has 5 nitrogen and oxygen atoms in total. The molecule has 0 fully saturated rings. The van der Waals surface area contributed by atoms with Gasteiger partial charge in [-0.3, -0.25) is 9.36 Å². The van der Waals surface area contributed by atoms with Gasteiger partial charge in [0.2, 0.25) is 0 Å². The number of fused-ring (bicyclic) bond motifs is 2. The maximum atomic E-state index is 12.1. The zero-order valence-electron chi connectivity index (χ0n) is 9.19. The summed E-state index contributed by atoms with van der Waals surface area (Å²) in [6.45, 7) is 2.70. The lowest BCUT2D eigenvalue weighted by Crippen LogP contribution is -2.28. The molecule has 3 rings (SSSR count). The Morgan fingerprint density at radius 2 is 2.25 bits per heavy atom. The summed E-state index contributed by atoms with van der Waals surface area (Å²) >= 11 is 0. The summed E-state index contributed by atoms with van der Waals surface area (Å²) in [6.07, 6.45) is 3.67. The van der Waals surface area contributed by atoms with Gasteiger partial charge in [-0.05, 0) is 12.8 Å². The monoisotopic (exact) mass is 219 g/mol. The number of rotatable bonds is 1. The highest BCUT2D eigenvalue weighted by Gasteiger charge is 2.18. The van der Waals surface area contributed by atoms with Crippen LogP contribution in [0.5, 0.6) is 0 Å². The van der Waals surface area contributed by atoms with Crippen LogP contribution in [0, 0.1) is 0 Å². The number of hydrogen-bond donors (Lipinski definition) is 0. The minimum absolute atomic E-state index is 0.0526. The highest BCUT2D eigenvalue weighted by Crippen LogP contribution is 2.15. The van der Waals surface area contributed by atoms with E-state index in [9.17, 15) is 4.79 Å². The van der Waals surface area contributed by atoms with Crippen molar-refractivity contribution in [1.82, 2.24) is 14.5 Å². The fourth-order valence-corrected chi connectivity index (χ4v) is 2.12. The van der Waals surface area contributed by atoms with Gasteiger partial charge in [-0.2, -0.15) is 4.98 Å². The second-order valence-electron chi connectivity index (χ2n) is 4.06. The topological polar surface area (TPSA) is 60.9 Å². The molecule has 0 N–H and O–H groups in total. The van der Waals surface area contributed by atoms with Crippen LogP contribution >= 0.6 is 0 Å². The van der Waals surface area contributed by atoms with E-state index in [1.54, 1.807) is 4.57 Å². The van der Waals surface area contributed by atoms with Crippen LogP contribution in [-0.4, -0.2) is 14.5 Å². The molecule has 3 heterocycles. The summed E-state index contributed by atoms with van der Waals surface area (Å²) in [4.78, 5) is 20.7. The molecule has 2 aromatic rings. The van der Waals surface area contributed by atoms with Gasteiger partial charge in [0, 0.05) is 19.4 Å². The maximum Gasteiger partial charge on any atom is 0.283 e. The van der Waals surface area contributed by atoms with E-state index in [2.05, 4.69) is 9.97 Å². The van der Waals surface area contributed by atoms with E-state index in [4.69, 9.17) is 4.42 Å². The van der Waals surface area contributed by atoms with Crippen LogP contribution in [0.4, 0.5) is 0 Å². The SMILES string of the molecule is CCc1nc2c(=O)n3c(nc2o1)CCCC3. The van der Waals surface area contributed by atoms with Crippen LogP contribution in [0.25, 0.3) is 11.2 Å².